The minimum Gasteiger partial charge on any atom is -0.467 e. The molecule has 0 radical (unpaired) electrons. The van der Waals surface area contributed by atoms with Gasteiger partial charge in [0, 0.05) is 13.1 Å². The van der Waals surface area contributed by atoms with Crippen molar-refractivity contribution in [3.63, 3.8) is 0 Å². The van der Waals surface area contributed by atoms with Gasteiger partial charge in [-0.1, -0.05) is 12.8 Å². The molecule has 0 atom stereocenters. The van der Waals surface area contributed by atoms with Crippen molar-refractivity contribution in [2.45, 2.75) is 31.7 Å². The number of carbonyl (C=O) groups is 1. The third kappa shape index (κ3) is 3.25. The summed E-state index contributed by atoms with van der Waals surface area (Å²) in [7, 11) is 3.21. The zero-order valence-corrected chi connectivity index (χ0v) is 11.8. The zero-order valence-electron chi connectivity index (χ0n) is 11.8. The minimum absolute atomic E-state index is 0.0982. The van der Waals surface area contributed by atoms with Gasteiger partial charge in [0.1, 0.15) is 0 Å². The molecule has 1 aromatic rings. The van der Waals surface area contributed by atoms with E-state index in [9.17, 15) is 4.79 Å². The summed E-state index contributed by atoms with van der Waals surface area (Å²) >= 11 is 0. The first-order valence-electron chi connectivity index (χ1n) is 6.66. The normalized spacial score (nSPS) is 15.1. The number of carbonyl (C=O) groups excluding carboxylic acids is 1. The Kier molecular flexibility index (Phi) is 4.54. The number of aromatic nitrogens is 3. The number of nitrogens with one attached hydrogen (secondary N) is 1. The largest absolute Gasteiger partial charge is 0.467 e. The molecule has 0 unspecified atom stereocenters. The lowest BCUT2D eigenvalue weighted by atomic mass is 10.2. The van der Waals surface area contributed by atoms with Crippen LogP contribution in [-0.4, -0.2) is 47.6 Å². The van der Waals surface area contributed by atoms with Crippen LogP contribution in [-0.2, 0) is 4.79 Å². The molecule has 2 rings (SSSR count). The summed E-state index contributed by atoms with van der Waals surface area (Å²) in [5.74, 6) is 0.425. The molecular formula is C12H20N6O2. The van der Waals surface area contributed by atoms with E-state index < -0.39 is 5.91 Å². The van der Waals surface area contributed by atoms with Crippen molar-refractivity contribution in [1.29, 1.82) is 0 Å². The summed E-state index contributed by atoms with van der Waals surface area (Å²) in [4.78, 5) is 25.8. The van der Waals surface area contributed by atoms with Gasteiger partial charge in [-0.25, -0.2) is 0 Å². The lowest BCUT2D eigenvalue weighted by Gasteiger charge is -2.27. The van der Waals surface area contributed by atoms with E-state index in [1.165, 1.54) is 7.11 Å². The third-order valence-corrected chi connectivity index (χ3v) is 3.36. The lowest BCUT2D eigenvalue weighted by Crippen LogP contribution is -2.41. The van der Waals surface area contributed by atoms with Crippen molar-refractivity contribution < 1.29 is 9.53 Å². The van der Waals surface area contributed by atoms with Crippen molar-refractivity contribution in [3.8, 4) is 6.01 Å². The fraction of sp³-hybridized carbons (Fsp3) is 0.667. The first-order chi connectivity index (χ1) is 9.63. The lowest BCUT2D eigenvalue weighted by molar-refractivity contribution is -0.116. The first kappa shape index (κ1) is 14.3. The molecule has 0 aromatic carbocycles. The summed E-state index contributed by atoms with van der Waals surface area (Å²) in [6, 6.07) is 0.450. The number of amides is 1. The summed E-state index contributed by atoms with van der Waals surface area (Å²) in [6.45, 7) is 0.0982. The van der Waals surface area contributed by atoms with Crippen LogP contribution in [0.1, 0.15) is 25.7 Å². The molecule has 8 heteroatoms. The standard InChI is InChI=1S/C12H20N6O2/c1-14-10-15-11(17-12(16-10)20-2)18(7-9(13)19)8-5-3-4-6-8/h8H,3-7H2,1-2H3,(H2,13,19)(H,14,15,16,17). The van der Waals surface area contributed by atoms with Gasteiger partial charge in [0.2, 0.25) is 17.8 Å². The van der Waals surface area contributed by atoms with Crippen molar-refractivity contribution in [3.05, 3.63) is 0 Å². The molecule has 0 spiro atoms. The SMILES string of the molecule is CNc1nc(OC)nc(N(CC(N)=O)C2CCCC2)n1. The predicted molar refractivity (Wildman–Crippen MR) is 74.7 cm³/mol. The molecule has 0 aliphatic heterocycles. The molecule has 1 aromatic heterocycles. The summed E-state index contributed by atoms with van der Waals surface area (Å²) < 4.78 is 5.07. The molecule has 0 saturated heterocycles. The Bertz CT molecular complexity index is 453. The first-order valence-corrected chi connectivity index (χ1v) is 6.66. The Hall–Kier alpha value is -2.12. The highest BCUT2D eigenvalue weighted by molar-refractivity contribution is 5.79. The van der Waals surface area contributed by atoms with Gasteiger partial charge in [0.05, 0.1) is 13.7 Å². The number of hydrogen-bond acceptors (Lipinski definition) is 7. The summed E-state index contributed by atoms with van der Waals surface area (Å²) in [5, 5.41) is 2.86. The van der Waals surface area contributed by atoms with E-state index in [1.54, 1.807) is 7.05 Å². The van der Waals surface area contributed by atoms with Crippen LogP contribution in [0.3, 0.4) is 0 Å². The maximum absolute atomic E-state index is 11.3. The summed E-state index contributed by atoms with van der Waals surface area (Å²) in [6.07, 6.45) is 4.30. The molecule has 110 valence electrons. The fourth-order valence-corrected chi connectivity index (χ4v) is 2.42. The second kappa shape index (κ2) is 6.36. The molecule has 1 saturated carbocycles. The number of ether oxygens (including phenoxy) is 1. The molecule has 1 aliphatic carbocycles. The van der Waals surface area contributed by atoms with Crippen LogP contribution in [0.15, 0.2) is 0 Å². The number of nitrogens with two attached hydrogens (primary N) is 1. The Morgan fingerprint density at radius 2 is 2.10 bits per heavy atom. The van der Waals surface area contributed by atoms with E-state index in [4.69, 9.17) is 10.5 Å². The van der Waals surface area contributed by atoms with Crippen molar-refractivity contribution in [2.75, 3.05) is 30.9 Å². The number of primary amides is 1. The van der Waals surface area contributed by atoms with Gasteiger partial charge in [-0.3, -0.25) is 4.79 Å². The summed E-state index contributed by atoms with van der Waals surface area (Å²) in [5.41, 5.74) is 5.34. The fourth-order valence-electron chi connectivity index (χ4n) is 2.42. The third-order valence-electron chi connectivity index (χ3n) is 3.36. The topological polar surface area (TPSA) is 106 Å². The highest BCUT2D eigenvalue weighted by Gasteiger charge is 2.27. The van der Waals surface area contributed by atoms with E-state index in [1.807, 2.05) is 4.90 Å². The molecule has 20 heavy (non-hydrogen) atoms. The van der Waals surface area contributed by atoms with E-state index >= 15 is 0 Å². The molecular weight excluding hydrogens is 260 g/mol. The zero-order chi connectivity index (χ0) is 14.5. The molecule has 1 aliphatic rings. The molecule has 8 nitrogen and oxygen atoms in total. The molecule has 1 fully saturated rings. The molecule has 1 amide bonds. The molecule has 3 N–H and O–H groups in total. The van der Waals surface area contributed by atoms with E-state index in [2.05, 4.69) is 20.3 Å². The van der Waals surface area contributed by atoms with Gasteiger partial charge < -0.3 is 20.7 Å². The number of nitrogens with zero attached hydrogens (tertiary/aromatic N) is 4. The minimum atomic E-state index is -0.401. The van der Waals surface area contributed by atoms with Crippen LogP contribution in [0.25, 0.3) is 0 Å². The maximum Gasteiger partial charge on any atom is 0.322 e. The monoisotopic (exact) mass is 280 g/mol. The predicted octanol–water partition coefficient (Wildman–Crippen LogP) is 0.156. The second-order valence-electron chi connectivity index (χ2n) is 4.73. The Morgan fingerprint density at radius 3 is 2.65 bits per heavy atom. The van der Waals surface area contributed by atoms with Crippen LogP contribution in [0.5, 0.6) is 6.01 Å². The van der Waals surface area contributed by atoms with Crippen LogP contribution in [0, 0.1) is 0 Å². The second-order valence-corrected chi connectivity index (χ2v) is 4.73. The van der Waals surface area contributed by atoms with E-state index in [0.29, 0.717) is 11.9 Å². The Morgan fingerprint density at radius 1 is 1.40 bits per heavy atom. The van der Waals surface area contributed by atoms with Gasteiger partial charge >= 0.3 is 6.01 Å². The quantitative estimate of drug-likeness (QED) is 0.764. The van der Waals surface area contributed by atoms with Gasteiger partial charge in [-0.2, -0.15) is 15.0 Å². The van der Waals surface area contributed by atoms with Crippen LogP contribution in [0.4, 0.5) is 11.9 Å². The van der Waals surface area contributed by atoms with Gasteiger partial charge in [0.15, 0.2) is 0 Å². The van der Waals surface area contributed by atoms with E-state index in [-0.39, 0.29) is 18.6 Å². The number of hydrogen-bond donors (Lipinski definition) is 2. The van der Waals surface area contributed by atoms with Crippen LogP contribution in [0.2, 0.25) is 0 Å². The van der Waals surface area contributed by atoms with Crippen molar-refractivity contribution in [1.82, 2.24) is 15.0 Å². The number of methoxy groups -OCH3 is 1. The number of anilines is 2. The van der Waals surface area contributed by atoms with Crippen molar-refractivity contribution in [2.24, 2.45) is 5.73 Å². The Labute approximate surface area is 117 Å². The smallest absolute Gasteiger partial charge is 0.322 e. The average Bonchev–Trinajstić information content (AvgIpc) is 2.97. The number of rotatable bonds is 6. The highest BCUT2D eigenvalue weighted by atomic mass is 16.5. The molecule has 0 bridgehead atoms. The average molecular weight is 280 g/mol. The Balaban J connectivity index is 2.33. The van der Waals surface area contributed by atoms with E-state index in [0.717, 1.165) is 25.7 Å². The van der Waals surface area contributed by atoms with Gasteiger partial charge in [0.25, 0.3) is 0 Å². The van der Waals surface area contributed by atoms with Crippen LogP contribution < -0.4 is 20.7 Å². The van der Waals surface area contributed by atoms with Gasteiger partial charge in [-0.05, 0) is 12.8 Å². The highest BCUT2D eigenvalue weighted by Crippen LogP contribution is 2.27. The van der Waals surface area contributed by atoms with Gasteiger partial charge in [-0.15, -0.1) is 0 Å². The maximum atomic E-state index is 11.3. The molecule has 1 heterocycles. The van der Waals surface area contributed by atoms with Crippen molar-refractivity contribution >= 4 is 17.8 Å². The van der Waals surface area contributed by atoms with Crippen LogP contribution >= 0.6 is 0 Å².